The number of hydrogen-bond donors (Lipinski definition) is 1. The highest BCUT2D eigenvalue weighted by Gasteiger charge is 2.14. The molecule has 8 heteroatoms. The van der Waals surface area contributed by atoms with Gasteiger partial charge in [-0.1, -0.05) is 53.5 Å². The first-order chi connectivity index (χ1) is 14.5. The summed E-state index contributed by atoms with van der Waals surface area (Å²) in [5.74, 6) is 0.669. The summed E-state index contributed by atoms with van der Waals surface area (Å²) in [7, 11) is 1.92. The van der Waals surface area contributed by atoms with Crippen molar-refractivity contribution >= 4 is 62.2 Å². The second-order valence-corrected chi connectivity index (χ2v) is 8.61. The smallest absolute Gasteiger partial charge is 0.226 e. The van der Waals surface area contributed by atoms with Crippen LogP contribution in [0, 0.1) is 0 Å². The van der Waals surface area contributed by atoms with Crippen LogP contribution in [0.5, 0.6) is 0 Å². The number of nitrogens with zero attached hydrogens (tertiary/aromatic N) is 3. The minimum absolute atomic E-state index is 0.133. The molecule has 0 aliphatic rings. The summed E-state index contributed by atoms with van der Waals surface area (Å²) in [5.41, 5.74) is 1.69. The van der Waals surface area contributed by atoms with E-state index in [1.807, 2.05) is 30.1 Å². The van der Waals surface area contributed by atoms with Crippen molar-refractivity contribution in [1.82, 2.24) is 9.97 Å². The lowest BCUT2D eigenvalue weighted by Crippen LogP contribution is -2.24. The number of nitrogens with one attached hydrogen (secondary N) is 1. The monoisotopic (exact) mass is 456 g/mol. The molecular formula is C22H18Cl2N4OS. The van der Waals surface area contributed by atoms with Gasteiger partial charge >= 0.3 is 0 Å². The number of aromatic nitrogens is 2. The molecule has 30 heavy (non-hydrogen) atoms. The number of carbonyl (C=O) groups is 1. The van der Waals surface area contributed by atoms with Crippen LogP contribution < -0.4 is 10.2 Å². The summed E-state index contributed by atoms with van der Waals surface area (Å²) < 4.78 is 0. The lowest BCUT2D eigenvalue weighted by atomic mass is 10.2. The summed E-state index contributed by atoms with van der Waals surface area (Å²) in [6.07, 6.45) is 1.85. The van der Waals surface area contributed by atoms with Crippen molar-refractivity contribution in [3.05, 3.63) is 71.0 Å². The first-order valence-electron chi connectivity index (χ1n) is 9.27. The zero-order valence-corrected chi connectivity index (χ0v) is 18.4. The summed E-state index contributed by atoms with van der Waals surface area (Å²) in [6, 6.07) is 17.3. The Bertz CT molecular complexity index is 1200. The molecule has 0 saturated heterocycles. The minimum atomic E-state index is -0.133. The standard InChI is InChI=1S/C22H18Cl2N4OS/c1-28(10-9-20(29)27-18-8-7-15(23)11-17(18)24)21-16-12-19(14-5-3-2-4-6-14)30-22(16)26-13-25-21/h2-8,11-13H,9-10H2,1H3,(H,27,29). The van der Waals surface area contributed by atoms with Crippen molar-refractivity contribution in [3.8, 4) is 10.4 Å². The number of thiophene rings is 1. The molecule has 0 aliphatic carbocycles. The Balaban J connectivity index is 1.47. The van der Waals surface area contributed by atoms with Crippen LogP contribution in [0.4, 0.5) is 11.5 Å². The molecule has 4 aromatic rings. The van der Waals surface area contributed by atoms with Gasteiger partial charge in [-0.3, -0.25) is 4.79 Å². The van der Waals surface area contributed by atoms with Crippen molar-refractivity contribution in [2.45, 2.75) is 6.42 Å². The molecule has 0 atom stereocenters. The minimum Gasteiger partial charge on any atom is -0.359 e. The summed E-state index contributed by atoms with van der Waals surface area (Å²) in [6.45, 7) is 0.500. The van der Waals surface area contributed by atoms with Gasteiger partial charge < -0.3 is 10.2 Å². The number of amides is 1. The van der Waals surface area contributed by atoms with Crippen LogP contribution in [0.1, 0.15) is 6.42 Å². The fraction of sp³-hybridized carbons (Fsp3) is 0.136. The highest BCUT2D eigenvalue weighted by Crippen LogP contribution is 2.35. The first kappa shape index (κ1) is 20.6. The third-order valence-electron chi connectivity index (χ3n) is 4.61. The number of anilines is 2. The van der Waals surface area contributed by atoms with E-state index in [1.54, 1.807) is 35.9 Å². The molecule has 0 radical (unpaired) electrons. The first-order valence-corrected chi connectivity index (χ1v) is 10.8. The van der Waals surface area contributed by atoms with Gasteiger partial charge in [0.1, 0.15) is 17.0 Å². The number of halogens is 2. The quantitative estimate of drug-likeness (QED) is 0.379. The predicted molar refractivity (Wildman–Crippen MR) is 126 cm³/mol. The topological polar surface area (TPSA) is 58.1 Å². The Kier molecular flexibility index (Phi) is 6.18. The highest BCUT2D eigenvalue weighted by molar-refractivity contribution is 7.21. The van der Waals surface area contributed by atoms with Crippen LogP contribution in [0.2, 0.25) is 10.0 Å². The zero-order valence-electron chi connectivity index (χ0n) is 16.1. The maximum atomic E-state index is 12.4. The number of fused-ring (bicyclic) bond motifs is 1. The lowest BCUT2D eigenvalue weighted by molar-refractivity contribution is -0.116. The molecule has 2 heterocycles. The third-order valence-corrected chi connectivity index (χ3v) is 6.25. The molecule has 0 spiro atoms. The maximum absolute atomic E-state index is 12.4. The second kappa shape index (κ2) is 9.00. The summed E-state index contributed by atoms with van der Waals surface area (Å²) in [4.78, 5) is 25.3. The molecule has 2 aromatic heterocycles. The van der Waals surface area contributed by atoms with E-state index in [2.05, 4.69) is 33.5 Å². The Labute approximate surface area is 188 Å². The van der Waals surface area contributed by atoms with Crippen LogP contribution in [-0.2, 0) is 4.79 Å². The van der Waals surface area contributed by atoms with Crippen LogP contribution in [0.15, 0.2) is 60.9 Å². The number of carbonyl (C=O) groups excluding carboxylic acids is 1. The molecule has 0 unspecified atom stereocenters. The normalized spacial score (nSPS) is 10.9. The van der Waals surface area contributed by atoms with E-state index >= 15 is 0 Å². The lowest BCUT2D eigenvalue weighted by Gasteiger charge is -2.18. The van der Waals surface area contributed by atoms with Crippen molar-refractivity contribution in [2.24, 2.45) is 0 Å². The van der Waals surface area contributed by atoms with Crippen molar-refractivity contribution < 1.29 is 4.79 Å². The van der Waals surface area contributed by atoms with Gasteiger partial charge in [0.25, 0.3) is 0 Å². The van der Waals surface area contributed by atoms with E-state index in [0.29, 0.717) is 22.3 Å². The van der Waals surface area contributed by atoms with Crippen molar-refractivity contribution in [1.29, 1.82) is 0 Å². The Morgan fingerprint density at radius 1 is 1.10 bits per heavy atom. The SMILES string of the molecule is CN(CCC(=O)Nc1ccc(Cl)cc1Cl)c1ncnc2sc(-c3ccccc3)cc12. The van der Waals surface area contributed by atoms with E-state index in [4.69, 9.17) is 23.2 Å². The second-order valence-electron chi connectivity index (χ2n) is 6.74. The van der Waals surface area contributed by atoms with Gasteiger partial charge in [-0.05, 0) is 29.8 Å². The molecule has 4 rings (SSSR count). The molecule has 0 aliphatic heterocycles. The van der Waals surface area contributed by atoms with Gasteiger partial charge in [-0.15, -0.1) is 11.3 Å². The summed E-state index contributed by atoms with van der Waals surface area (Å²) >= 11 is 13.7. The maximum Gasteiger partial charge on any atom is 0.226 e. The van der Waals surface area contributed by atoms with Gasteiger partial charge in [0.05, 0.1) is 16.1 Å². The fourth-order valence-electron chi connectivity index (χ4n) is 3.07. The van der Waals surface area contributed by atoms with E-state index in [-0.39, 0.29) is 12.3 Å². The molecule has 2 aromatic carbocycles. The van der Waals surface area contributed by atoms with Crippen molar-refractivity contribution in [3.63, 3.8) is 0 Å². The average Bonchev–Trinajstić information content (AvgIpc) is 3.19. The molecular weight excluding hydrogens is 439 g/mol. The van der Waals surface area contributed by atoms with Gasteiger partial charge in [-0.2, -0.15) is 0 Å². The fourth-order valence-corrected chi connectivity index (χ4v) is 4.53. The Hall–Kier alpha value is -2.67. The van der Waals surface area contributed by atoms with Gasteiger partial charge in [0, 0.05) is 29.9 Å². The van der Waals surface area contributed by atoms with Crippen LogP contribution >= 0.6 is 34.5 Å². The van der Waals surface area contributed by atoms with E-state index < -0.39 is 0 Å². The zero-order chi connectivity index (χ0) is 21.1. The molecule has 152 valence electrons. The summed E-state index contributed by atoms with van der Waals surface area (Å²) in [5, 5.41) is 4.73. The van der Waals surface area contributed by atoms with Crippen molar-refractivity contribution in [2.75, 3.05) is 23.8 Å². The van der Waals surface area contributed by atoms with Gasteiger partial charge in [-0.25, -0.2) is 9.97 Å². The van der Waals surface area contributed by atoms with Gasteiger partial charge in [0.2, 0.25) is 5.91 Å². The Morgan fingerprint density at radius 2 is 1.90 bits per heavy atom. The van der Waals surface area contributed by atoms with E-state index in [0.717, 1.165) is 26.5 Å². The third kappa shape index (κ3) is 4.56. The number of hydrogen-bond acceptors (Lipinski definition) is 5. The van der Waals surface area contributed by atoms with Crippen LogP contribution in [0.25, 0.3) is 20.7 Å². The van der Waals surface area contributed by atoms with Gasteiger partial charge in [0.15, 0.2) is 0 Å². The molecule has 1 N–H and O–H groups in total. The molecule has 5 nitrogen and oxygen atoms in total. The average molecular weight is 457 g/mol. The Morgan fingerprint density at radius 3 is 2.67 bits per heavy atom. The van der Waals surface area contributed by atoms with Crippen LogP contribution in [0.3, 0.4) is 0 Å². The molecule has 0 saturated carbocycles. The van der Waals surface area contributed by atoms with E-state index in [1.165, 1.54) is 0 Å². The number of benzene rings is 2. The molecule has 1 amide bonds. The number of rotatable bonds is 6. The largest absolute Gasteiger partial charge is 0.359 e. The molecule has 0 bridgehead atoms. The van der Waals surface area contributed by atoms with E-state index in [9.17, 15) is 4.79 Å². The highest BCUT2D eigenvalue weighted by atomic mass is 35.5. The predicted octanol–water partition coefficient (Wildman–Crippen LogP) is 6.13. The van der Waals surface area contributed by atoms with Crippen LogP contribution in [-0.4, -0.2) is 29.5 Å². The molecule has 0 fully saturated rings.